The molecule has 1 saturated heterocycles. The number of H-pyrrole nitrogens is 2. The Labute approximate surface area is 208 Å². The van der Waals surface area contributed by atoms with Gasteiger partial charge in [-0.2, -0.15) is 5.10 Å². The number of rotatable bonds is 5. The number of carbonyl (C=O) groups excluding carboxylic acids is 1. The first-order valence-corrected chi connectivity index (χ1v) is 12.4. The van der Waals surface area contributed by atoms with E-state index < -0.39 is 0 Å². The second kappa shape index (κ2) is 9.07. The lowest BCUT2D eigenvalue weighted by molar-refractivity contribution is -0.118. The van der Waals surface area contributed by atoms with Crippen LogP contribution in [0.5, 0.6) is 0 Å². The summed E-state index contributed by atoms with van der Waals surface area (Å²) in [6.07, 6.45) is 12.7. The van der Waals surface area contributed by atoms with Crippen LogP contribution in [-0.2, 0) is 4.79 Å². The van der Waals surface area contributed by atoms with Crippen molar-refractivity contribution in [3.05, 3.63) is 49.2 Å². The van der Waals surface area contributed by atoms with Crippen molar-refractivity contribution >= 4 is 39.1 Å². The number of aromatic nitrogens is 6. The van der Waals surface area contributed by atoms with Crippen LogP contribution in [0.3, 0.4) is 0 Å². The van der Waals surface area contributed by atoms with Crippen molar-refractivity contribution in [1.29, 1.82) is 0 Å². The molecule has 182 valence electrons. The van der Waals surface area contributed by atoms with Crippen LogP contribution < -0.4 is 10.2 Å². The maximum absolute atomic E-state index is 12.1. The zero-order chi connectivity index (χ0) is 24.6. The van der Waals surface area contributed by atoms with E-state index in [-0.39, 0.29) is 11.8 Å². The zero-order valence-corrected chi connectivity index (χ0v) is 20.4. The molecule has 1 amide bonds. The number of nitrogens with one attached hydrogen (secondary N) is 3. The van der Waals surface area contributed by atoms with Crippen LogP contribution in [-0.4, -0.2) is 49.1 Å². The maximum Gasteiger partial charge on any atom is 0.226 e. The third-order valence-electron chi connectivity index (χ3n) is 6.75. The van der Waals surface area contributed by atoms with Gasteiger partial charge in [0.1, 0.15) is 5.69 Å². The van der Waals surface area contributed by atoms with Crippen LogP contribution in [0, 0.1) is 5.92 Å². The van der Waals surface area contributed by atoms with Crippen LogP contribution in [0.2, 0.25) is 0 Å². The number of hydrogen-bond donors (Lipinski definition) is 3. The molecule has 9 nitrogen and oxygen atoms in total. The van der Waals surface area contributed by atoms with Gasteiger partial charge >= 0.3 is 0 Å². The van der Waals surface area contributed by atoms with Crippen LogP contribution in [0.25, 0.3) is 44.5 Å². The lowest BCUT2D eigenvalue weighted by Crippen LogP contribution is -2.29. The van der Waals surface area contributed by atoms with Crippen molar-refractivity contribution in [2.75, 3.05) is 23.3 Å². The van der Waals surface area contributed by atoms with E-state index >= 15 is 0 Å². The van der Waals surface area contributed by atoms with Gasteiger partial charge in [-0.1, -0.05) is 13.8 Å². The van der Waals surface area contributed by atoms with E-state index in [4.69, 9.17) is 0 Å². The molecule has 5 aromatic heterocycles. The number of piperidine rings is 1. The Morgan fingerprint density at radius 1 is 0.944 bits per heavy atom. The van der Waals surface area contributed by atoms with Crippen LogP contribution in [0.4, 0.5) is 11.4 Å². The highest BCUT2D eigenvalue weighted by Gasteiger charge is 2.18. The fourth-order valence-electron chi connectivity index (χ4n) is 4.77. The van der Waals surface area contributed by atoms with E-state index in [9.17, 15) is 4.79 Å². The number of carbonyl (C=O) groups is 1. The fraction of sp³-hybridized carbons (Fsp3) is 0.296. The lowest BCUT2D eigenvalue weighted by Gasteiger charge is -2.28. The van der Waals surface area contributed by atoms with Crippen LogP contribution in [0.1, 0.15) is 33.1 Å². The first-order valence-electron chi connectivity index (χ1n) is 12.4. The number of fused-ring (bicyclic) bond motifs is 2. The second-order valence-electron chi connectivity index (χ2n) is 9.64. The van der Waals surface area contributed by atoms with Crippen molar-refractivity contribution in [2.24, 2.45) is 5.92 Å². The standard InChI is InChI=1S/C27H28N8O/c1-16(2)27(36)31-18-8-17(11-28-12-18)21-10-20-24(14-30-21)33-34-26(20)22-9-19-23(32-22)13-29-15-25(19)35-6-4-3-5-7-35/h8-16,32H,3-7H2,1-2H3,(H,31,36)(H,33,34). The van der Waals surface area contributed by atoms with Gasteiger partial charge in [0, 0.05) is 41.5 Å². The Morgan fingerprint density at radius 3 is 2.61 bits per heavy atom. The van der Waals surface area contributed by atoms with Crippen molar-refractivity contribution in [3.63, 3.8) is 0 Å². The van der Waals surface area contributed by atoms with Gasteiger partial charge in [0.15, 0.2) is 0 Å². The number of aromatic amines is 2. The molecule has 1 fully saturated rings. The number of nitrogens with zero attached hydrogens (tertiary/aromatic N) is 5. The molecule has 3 N–H and O–H groups in total. The molecular formula is C27H28N8O. The molecule has 5 aromatic rings. The van der Waals surface area contributed by atoms with Crippen molar-refractivity contribution < 1.29 is 4.79 Å². The summed E-state index contributed by atoms with van der Waals surface area (Å²) in [4.78, 5) is 31.5. The summed E-state index contributed by atoms with van der Waals surface area (Å²) in [5.41, 5.74) is 6.98. The topological polar surface area (TPSA) is 115 Å². The molecule has 0 saturated carbocycles. The first-order chi connectivity index (χ1) is 17.6. The van der Waals surface area contributed by atoms with E-state index in [1.165, 1.54) is 24.9 Å². The molecule has 9 heteroatoms. The molecule has 1 aliphatic heterocycles. The minimum atomic E-state index is -0.112. The first kappa shape index (κ1) is 22.2. The predicted octanol–water partition coefficient (Wildman–Crippen LogP) is 5.15. The molecule has 0 aromatic carbocycles. The van der Waals surface area contributed by atoms with Crippen LogP contribution in [0.15, 0.2) is 49.2 Å². The molecule has 0 unspecified atom stereocenters. The molecule has 6 heterocycles. The molecule has 36 heavy (non-hydrogen) atoms. The van der Waals surface area contributed by atoms with E-state index in [1.54, 1.807) is 18.6 Å². The highest BCUT2D eigenvalue weighted by Crippen LogP contribution is 2.34. The second-order valence-corrected chi connectivity index (χ2v) is 9.64. The fourth-order valence-corrected chi connectivity index (χ4v) is 4.77. The van der Waals surface area contributed by atoms with Gasteiger partial charge in [-0.3, -0.25) is 24.8 Å². The summed E-state index contributed by atoms with van der Waals surface area (Å²) in [5.74, 6) is -0.162. The summed E-state index contributed by atoms with van der Waals surface area (Å²) in [7, 11) is 0. The Bertz CT molecular complexity index is 1560. The third kappa shape index (κ3) is 4.06. The van der Waals surface area contributed by atoms with E-state index in [2.05, 4.69) is 46.4 Å². The minimum absolute atomic E-state index is 0.0493. The van der Waals surface area contributed by atoms with E-state index in [1.807, 2.05) is 38.4 Å². The summed E-state index contributed by atoms with van der Waals surface area (Å²) in [6.45, 7) is 5.84. The molecule has 0 atom stereocenters. The van der Waals surface area contributed by atoms with Crippen LogP contribution >= 0.6 is 0 Å². The van der Waals surface area contributed by atoms with Gasteiger partial charge in [0.05, 0.1) is 58.6 Å². The molecule has 0 bridgehead atoms. The number of anilines is 2. The molecule has 0 aliphatic carbocycles. The number of pyridine rings is 3. The normalized spacial score (nSPS) is 14.1. The predicted molar refractivity (Wildman–Crippen MR) is 142 cm³/mol. The Hall–Kier alpha value is -4.27. The highest BCUT2D eigenvalue weighted by molar-refractivity contribution is 6.00. The van der Waals surface area contributed by atoms with Crippen molar-refractivity contribution in [2.45, 2.75) is 33.1 Å². The van der Waals surface area contributed by atoms with E-state index in [0.29, 0.717) is 5.69 Å². The maximum atomic E-state index is 12.1. The number of amides is 1. The van der Waals surface area contributed by atoms with Gasteiger partial charge in [-0.25, -0.2) is 0 Å². The summed E-state index contributed by atoms with van der Waals surface area (Å²) in [6, 6.07) is 6.07. The zero-order valence-electron chi connectivity index (χ0n) is 20.4. The summed E-state index contributed by atoms with van der Waals surface area (Å²) in [5, 5.41) is 12.7. The summed E-state index contributed by atoms with van der Waals surface area (Å²) < 4.78 is 0. The van der Waals surface area contributed by atoms with Gasteiger partial charge in [-0.15, -0.1) is 0 Å². The number of hydrogen-bond acceptors (Lipinski definition) is 6. The van der Waals surface area contributed by atoms with Gasteiger partial charge in [0.2, 0.25) is 5.91 Å². The Morgan fingerprint density at radius 2 is 1.78 bits per heavy atom. The molecule has 1 aliphatic rings. The molecule has 0 radical (unpaired) electrons. The lowest BCUT2D eigenvalue weighted by atomic mass is 10.1. The van der Waals surface area contributed by atoms with Gasteiger partial charge in [-0.05, 0) is 37.5 Å². The third-order valence-corrected chi connectivity index (χ3v) is 6.75. The monoisotopic (exact) mass is 480 g/mol. The van der Waals surface area contributed by atoms with Crippen molar-refractivity contribution in [1.82, 2.24) is 30.1 Å². The minimum Gasteiger partial charge on any atom is -0.370 e. The largest absolute Gasteiger partial charge is 0.370 e. The smallest absolute Gasteiger partial charge is 0.226 e. The molecule has 0 spiro atoms. The molecule has 6 rings (SSSR count). The Balaban J connectivity index is 1.38. The molecular weight excluding hydrogens is 452 g/mol. The SMILES string of the molecule is CC(C)C(=O)Nc1cncc(-c2cc3c(-c4cc5c(N6CCCCC6)cncc5[nH]4)n[nH]c3cn2)c1. The van der Waals surface area contributed by atoms with Gasteiger partial charge in [0.25, 0.3) is 0 Å². The summed E-state index contributed by atoms with van der Waals surface area (Å²) >= 11 is 0. The Kier molecular flexibility index (Phi) is 5.59. The average Bonchev–Trinajstić information content (AvgIpc) is 3.53. The quantitative estimate of drug-likeness (QED) is 0.320. The average molecular weight is 481 g/mol. The van der Waals surface area contributed by atoms with Gasteiger partial charge < -0.3 is 15.2 Å². The van der Waals surface area contributed by atoms with Crippen molar-refractivity contribution in [3.8, 4) is 22.6 Å². The highest BCUT2D eigenvalue weighted by atomic mass is 16.1. The van der Waals surface area contributed by atoms with E-state index in [0.717, 1.165) is 57.5 Å².